The number of likely N-dealkylation sites (tertiary alicyclic amines) is 1. The van der Waals surface area contributed by atoms with E-state index in [1.807, 2.05) is 36.4 Å². The second-order valence-electron chi connectivity index (χ2n) is 7.01. The minimum absolute atomic E-state index is 0.299. The minimum Gasteiger partial charge on any atom is -0.489 e. The third-order valence-electron chi connectivity index (χ3n) is 5.15. The van der Waals surface area contributed by atoms with Crippen molar-refractivity contribution in [1.82, 2.24) is 4.90 Å². The predicted octanol–water partition coefficient (Wildman–Crippen LogP) is 3.07. The molecule has 5 heteroatoms. The van der Waals surface area contributed by atoms with Gasteiger partial charge in [-0.05, 0) is 37.0 Å². The third kappa shape index (κ3) is 4.87. The fraction of sp³-hybridized carbons (Fsp3) is 0.409. The molecule has 1 aliphatic heterocycles. The zero-order valence-corrected chi connectivity index (χ0v) is 15.9. The third-order valence-corrected chi connectivity index (χ3v) is 5.15. The summed E-state index contributed by atoms with van der Waals surface area (Å²) < 4.78 is 11.0. The van der Waals surface area contributed by atoms with Crippen molar-refractivity contribution >= 4 is 5.97 Å². The van der Waals surface area contributed by atoms with E-state index in [0.717, 1.165) is 16.9 Å². The number of hydrogen-bond acceptors (Lipinski definition) is 5. The van der Waals surface area contributed by atoms with Crippen LogP contribution in [0.2, 0.25) is 0 Å². The Morgan fingerprint density at radius 2 is 1.85 bits per heavy atom. The highest BCUT2D eigenvalue weighted by molar-refractivity contribution is 5.75. The lowest BCUT2D eigenvalue weighted by molar-refractivity contribution is -0.150. The van der Waals surface area contributed by atoms with Crippen LogP contribution in [0.25, 0.3) is 0 Å². The Bertz CT molecular complexity index is 776. The van der Waals surface area contributed by atoms with Gasteiger partial charge in [-0.25, -0.2) is 0 Å². The van der Waals surface area contributed by atoms with Crippen molar-refractivity contribution in [2.45, 2.75) is 45.1 Å². The number of para-hydroxylation sites is 1. The second-order valence-corrected chi connectivity index (χ2v) is 7.01. The molecule has 2 aromatic carbocycles. The van der Waals surface area contributed by atoms with Crippen LogP contribution in [0.1, 0.15) is 29.5 Å². The molecular formula is C22H27NO4. The molecule has 0 spiro atoms. The molecule has 0 aromatic heterocycles. The van der Waals surface area contributed by atoms with E-state index in [1.165, 1.54) is 12.7 Å². The van der Waals surface area contributed by atoms with Gasteiger partial charge in [0.05, 0.1) is 13.2 Å². The van der Waals surface area contributed by atoms with Gasteiger partial charge in [0.2, 0.25) is 0 Å². The maximum atomic E-state index is 12.1. The average Bonchev–Trinajstić information content (AvgIpc) is 2.69. The minimum atomic E-state index is -0.460. The van der Waals surface area contributed by atoms with Crippen LogP contribution in [0.15, 0.2) is 48.5 Å². The first-order valence-corrected chi connectivity index (χ1v) is 9.33. The highest BCUT2D eigenvalue weighted by Gasteiger charge is 2.33. The first kappa shape index (κ1) is 19.4. The molecule has 0 unspecified atom stereocenters. The Kier molecular flexibility index (Phi) is 6.48. The van der Waals surface area contributed by atoms with E-state index in [4.69, 9.17) is 9.47 Å². The topological polar surface area (TPSA) is 59.0 Å². The number of esters is 1. The first-order chi connectivity index (χ1) is 13.1. The molecule has 2 aromatic rings. The summed E-state index contributed by atoms with van der Waals surface area (Å²) in [6.07, 6.45) is 0.594. The first-order valence-electron chi connectivity index (χ1n) is 9.33. The Morgan fingerprint density at radius 3 is 2.59 bits per heavy atom. The molecule has 1 N–H and O–H groups in total. The SMILES string of the molecule is COC(=O)[C@H]1C[C@@H](O)CCN1Cc1ccccc1OCc1ccccc1C. The van der Waals surface area contributed by atoms with Crippen LogP contribution in [0.5, 0.6) is 5.75 Å². The van der Waals surface area contributed by atoms with Crippen molar-refractivity contribution in [2.24, 2.45) is 0 Å². The smallest absolute Gasteiger partial charge is 0.323 e. The molecular weight excluding hydrogens is 342 g/mol. The fourth-order valence-corrected chi connectivity index (χ4v) is 3.49. The van der Waals surface area contributed by atoms with E-state index in [1.54, 1.807) is 0 Å². The Balaban J connectivity index is 1.73. The summed E-state index contributed by atoms with van der Waals surface area (Å²) >= 11 is 0. The Morgan fingerprint density at radius 1 is 1.15 bits per heavy atom. The van der Waals surface area contributed by atoms with Gasteiger partial charge in [0.1, 0.15) is 18.4 Å². The lowest BCUT2D eigenvalue weighted by Crippen LogP contribution is -2.48. The number of piperidine rings is 1. The van der Waals surface area contributed by atoms with Crippen LogP contribution < -0.4 is 4.74 Å². The zero-order valence-electron chi connectivity index (χ0n) is 15.9. The number of methoxy groups -OCH3 is 1. The van der Waals surface area contributed by atoms with Gasteiger partial charge in [-0.15, -0.1) is 0 Å². The molecule has 0 radical (unpaired) electrons. The van der Waals surface area contributed by atoms with E-state index in [2.05, 4.69) is 24.0 Å². The Labute approximate surface area is 160 Å². The Hall–Kier alpha value is -2.37. The van der Waals surface area contributed by atoms with Gasteiger partial charge in [-0.1, -0.05) is 42.5 Å². The monoisotopic (exact) mass is 369 g/mol. The highest BCUT2D eigenvalue weighted by atomic mass is 16.5. The van der Waals surface area contributed by atoms with Gasteiger partial charge in [0, 0.05) is 18.7 Å². The molecule has 2 atom stereocenters. The van der Waals surface area contributed by atoms with E-state index in [0.29, 0.717) is 32.5 Å². The van der Waals surface area contributed by atoms with E-state index >= 15 is 0 Å². The van der Waals surface area contributed by atoms with E-state index in [9.17, 15) is 9.90 Å². The number of ether oxygens (including phenoxy) is 2. The molecule has 0 saturated carbocycles. The van der Waals surface area contributed by atoms with Gasteiger partial charge >= 0.3 is 5.97 Å². The summed E-state index contributed by atoms with van der Waals surface area (Å²) in [4.78, 5) is 14.2. The highest BCUT2D eigenvalue weighted by Crippen LogP contribution is 2.26. The molecule has 0 aliphatic carbocycles. The molecule has 1 heterocycles. The quantitative estimate of drug-likeness (QED) is 0.793. The zero-order chi connectivity index (χ0) is 19.2. The van der Waals surface area contributed by atoms with Gasteiger partial charge in [-0.2, -0.15) is 0 Å². The number of nitrogens with zero attached hydrogens (tertiary/aromatic N) is 1. The lowest BCUT2D eigenvalue weighted by atomic mass is 9.98. The molecule has 0 amide bonds. The normalized spacial score (nSPS) is 20.3. The number of carbonyl (C=O) groups is 1. The van der Waals surface area contributed by atoms with Gasteiger partial charge in [0.15, 0.2) is 0 Å². The van der Waals surface area contributed by atoms with Crippen LogP contribution in [-0.2, 0) is 22.7 Å². The maximum absolute atomic E-state index is 12.1. The van der Waals surface area contributed by atoms with Crippen LogP contribution in [-0.4, -0.2) is 41.8 Å². The van der Waals surface area contributed by atoms with Crippen LogP contribution in [0.3, 0.4) is 0 Å². The number of aliphatic hydroxyl groups excluding tert-OH is 1. The summed E-state index contributed by atoms with van der Waals surface area (Å²) in [5.74, 6) is 0.516. The lowest BCUT2D eigenvalue weighted by Gasteiger charge is -2.36. The molecule has 144 valence electrons. The fourth-order valence-electron chi connectivity index (χ4n) is 3.49. The van der Waals surface area contributed by atoms with Gasteiger partial charge in [0.25, 0.3) is 0 Å². The molecule has 0 bridgehead atoms. The van der Waals surface area contributed by atoms with E-state index in [-0.39, 0.29) is 5.97 Å². The number of carbonyl (C=O) groups excluding carboxylic acids is 1. The summed E-state index contributed by atoms with van der Waals surface area (Å²) in [5.41, 5.74) is 3.38. The summed E-state index contributed by atoms with van der Waals surface area (Å²) in [6.45, 7) is 3.80. The summed E-state index contributed by atoms with van der Waals surface area (Å²) in [6, 6.07) is 15.6. The van der Waals surface area contributed by atoms with E-state index < -0.39 is 12.1 Å². The molecule has 3 rings (SSSR count). The average molecular weight is 369 g/mol. The molecule has 5 nitrogen and oxygen atoms in total. The number of aliphatic hydroxyl groups is 1. The molecule has 27 heavy (non-hydrogen) atoms. The van der Waals surface area contributed by atoms with Crippen LogP contribution >= 0.6 is 0 Å². The maximum Gasteiger partial charge on any atom is 0.323 e. The van der Waals surface area contributed by atoms with Crippen molar-refractivity contribution < 1.29 is 19.4 Å². The van der Waals surface area contributed by atoms with Crippen molar-refractivity contribution in [3.8, 4) is 5.75 Å². The summed E-state index contributed by atoms with van der Waals surface area (Å²) in [5, 5.41) is 9.94. The largest absolute Gasteiger partial charge is 0.489 e. The van der Waals surface area contributed by atoms with Crippen molar-refractivity contribution in [2.75, 3.05) is 13.7 Å². The van der Waals surface area contributed by atoms with Crippen molar-refractivity contribution in [3.63, 3.8) is 0 Å². The predicted molar refractivity (Wildman–Crippen MR) is 103 cm³/mol. The number of benzene rings is 2. The van der Waals surface area contributed by atoms with Crippen LogP contribution in [0, 0.1) is 6.92 Å². The van der Waals surface area contributed by atoms with Gasteiger partial charge in [-0.3, -0.25) is 9.69 Å². The number of rotatable bonds is 6. The second kappa shape index (κ2) is 9.02. The number of hydrogen-bond donors (Lipinski definition) is 1. The van der Waals surface area contributed by atoms with Crippen molar-refractivity contribution in [1.29, 1.82) is 0 Å². The molecule has 1 aliphatic rings. The molecule has 1 saturated heterocycles. The molecule has 1 fully saturated rings. The van der Waals surface area contributed by atoms with Crippen LogP contribution in [0.4, 0.5) is 0 Å². The number of aryl methyl sites for hydroxylation is 1. The standard InChI is InChI=1S/C22H27NO4/c1-16-7-3-4-9-18(16)15-27-21-10-6-5-8-17(21)14-23-12-11-19(24)13-20(23)22(25)26-2/h3-10,19-20,24H,11-15H2,1-2H3/t19-,20+/m0/s1. The van der Waals surface area contributed by atoms with Crippen molar-refractivity contribution in [3.05, 3.63) is 65.2 Å². The summed E-state index contributed by atoms with van der Waals surface area (Å²) in [7, 11) is 1.39. The van der Waals surface area contributed by atoms with Gasteiger partial charge < -0.3 is 14.6 Å².